The van der Waals surface area contributed by atoms with Crippen LogP contribution in [0.5, 0.6) is 0 Å². The average molecular weight is 238 g/mol. The molecule has 1 heterocycles. The summed E-state index contributed by atoms with van der Waals surface area (Å²) in [4.78, 5) is 0. The van der Waals surface area contributed by atoms with E-state index >= 15 is 0 Å². The van der Waals surface area contributed by atoms with Gasteiger partial charge in [0.05, 0.1) is 0 Å². The molecular weight excluding hydrogens is 226 g/mol. The van der Waals surface area contributed by atoms with Crippen LogP contribution < -0.4 is 5.73 Å². The molecule has 0 aliphatic carbocycles. The third-order valence-corrected chi connectivity index (χ3v) is 3.63. The van der Waals surface area contributed by atoms with E-state index in [2.05, 4.69) is 9.59 Å². The molecule has 1 rings (SSSR count). The molecule has 0 fully saturated rings. The molecule has 0 aromatic carbocycles. The van der Waals surface area contributed by atoms with Crippen molar-refractivity contribution in [3.63, 3.8) is 0 Å². The Morgan fingerprint density at radius 1 is 1.62 bits per heavy atom. The number of hydrogen-bond acceptors (Lipinski definition) is 5. The van der Waals surface area contributed by atoms with Gasteiger partial charge in [0.25, 0.3) is 0 Å². The molecule has 0 aliphatic rings. The van der Waals surface area contributed by atoms with Crippen LogP contribution in [0.15, 0.2) is 0 Å². The number of hydrogen-bond donors (Lipinski definition) is 1. The zero-order valence-corrected chi connectivity index (χ0v) is 9.97. The van der Waals surface area contributed by atoms with Gasteiger partial charge in [-0.3, -0.25) is 0 Å². The summed E-state index contributed by atoms with van der Waals surface area (Å²) in [5, 5.41) is 3.91. The molecule has 0 saturated heterocycles. The average Bonchev–Trinajstić information content (AvgIpc) is 2.34. The van der Waals surface area contributed by atoms with E-state index in [1.807, 2.05) is 13.8 Å². The third kappa shape index (κ3) is 4.26. The first kappa shape index (κ1) is 11.2. The van der Waals surface area contributed by atoms with E-state index in [0.29, 0.717) is 4.34 Å². The predicted octanol–water partition coefficient (Wildman–Crippen LogP) is 2.16. The second-order valence-electron chi connectivity index (χ2n) is 3.47. The molecule has 0 radical (unpaired) electrons. The van der Waals surface area contributed by atoms with Crippen LogP contribution in [-0.2, 0) is 5.75 Å². The van der Waals surface area contributed by atoms with Crippen molar-refractivity contribution in [2.45, 2.75) is 25.1 Å². The number of halogens is 1. The fourth-order valence-electron chi connectivity index (χ4n) is 0.694. The van der Waals surface area contributed by atoms with E-state index in [0.717, 1.165) is 17.2 Å². The van der Waals surface area contributed by atoms with Gasteiger partial charge in [0, 0.05) is 28.6 Å². The van der Waals surface area contributed by atoms with Crippen LogP contribution in [-0.4, -0.2) is 20.9 Å². The lowest BCUT2D eigenvalue weighted by atomic mass is 10.1. The summed E-state index contributed by atoms with van der Waals surface area (Å²) < 4.78 is 4.43. The van der Waals surface area contributed by atoms with Crippen molar-refractivity contribution in [2.24, 2.45) is 5.73 Å². The van der Waals surface area contributed by atoms with Crippen molar-refractivity contribution < 1.29 is 0 Å². The van der Waals surface area contributed by atoms with Gasteiger partial charge in [-0.1, -0.05) is 16.1 Å². The largest absolute Gasteiger partial charge is 0.325 e. The second kappa shape index (κ2) is 4.59. The monoisotopic (exact) mass is 237 g/mol. The summed E-state index contributed by atoms with van der Waals surface area (Å²) in [7, 11) is 0. The molecule has 0 unspecified atom stereocenters. The first-order valence-electron chi connectivity index (χ1n) is 3.82. The molecule has 1 aromatic heterocycles. The molecule has 0 amide bonds. The standard InChI is InChI=1S/C7H12ClN3S2/c1-7(2,9)4-12-3-5-6(8)13-11-10-5/h3-4,9H2,1-2H3. The van der Waals surface area contributed by atoms with Crippen LogP contribution in [0.3, 0.4) is 0 Å². The van der Waals surface area contributed by atoms with Gasteiger partial charge in [0.1, 0.15) is 10.0 Å². The van der Waals surface area contributed by atoms with Gasteiger partial charge in [0.15, 0.2) is 0 Å². The van der Waals surface area contributed by atoms with E-state index < -0.39 is 0 Å². The summed E-state index contributed by atoms with van der Waals surface area (Å²) in [6.07, 6.45) is 0. The summed E-state index contributed by atoms with van der Waals surface area (Å²) in [5.74, 6) is 1.68. The molecule has 6 heteroatoms. The molecule has 1 aromatic rings. The first-order valence-corrected chi connectivity index (χ1v) is 6.13. The molecule has 0 saturated carbocycles. The Hall–Kier alpha value is 0.160. The maximum atomic E-state index is 5.84. The lowest BCUT2D eigenvalue weighted by molar-refractivity contribution is 0.591. The Bertz CT molecular complexity index is 269. The minimum Gasteiger partial charge on any atom is -0.325 e. The summed E-state index contributed by atoms with van der Waals surface area (Å²) in [6, 6.07) is 0. The Morgan fingerprint density at radius 3 is 2.77 bits per heavy atom. The van der Waals surface area contributed by atoms with E-state index in [9.17, 15) is 0 Å². The third-order valence-electron chi connectivity index (χ3n) is 1.22. The van der Waals surface area contributed by atoms with Gasteiger partial charge >= 0.3 is 0 Å². The normalized spacial score (nSPS) is 12.0. The van der Waals surface area contributed by atoms with Crippen LogP contribution in [0.1, 0.15) is 19.5 Å². The molecule has 74 valence electrons. The summed E-state index contributed by atoms with van der Waals surface area (Å²) >= 11 is 8.79. The van der Waals surface area contributed by atoms with Gasteiger partial charge in [-0.25, -0.2) is 0 Å². The summed E-state index contributed by atoms with van der Waals surface area (Å²) in [6.45, 7) is 4.00. The Kier molecular flexibility index (Phi) is 3.97. The zero-order chi connectivity index (χ0) is 9.90. The quantitative estimate of drug-likeness (QED) is 0.872. The minimum absolute atomic E-state index is 0.138. The van der Waals surface area contributed by atoms with Crippen molar-refractivity contribution in [3.8, 4) is 0 Å². The number of nitrogens with zero attached hydrogens (tertiary/aromatic N) is 2. The molecule has 2 N–H and O–H groups in total. The highest BCUT2D eigenvalue weighted by Crippen LogP contribution is 2.23. The van der Waals surface area contributed by atoms with Crippen LogP contribution in [0, 0.1) is 0 Å². The maximum absolute atomic E-state index is 5.84. The number of aromatic nitrogens is 2. The first-order chi connectivity index (χ1) is 5.99. The molecule has 3 nitrogen and oxygen atoms in total. The van der Waals surface area contributed by atoms with Crippen molar-refractivity contribution in [3.05, 3.63) is 10.0 Å². The second-order valence-corrected chi connectivity index (χ2v) is 5.82. The van der Waals surface area contributed by atoms with E-state index in [1.165, 1.54) is 11.5 Å². The molecule has 0 spiro atoms. The van der Waals surface area contributed by atoms with E-state index in [4.69, 9.17) is 17.3 Å². The highest BCUT2D eigenvalue weighted by atomic mass is 35.5. The van der Waals surface area contributed by atoms with Gasteiger partial charge < -0.3 is 5.73 Å². The highest BCUT2D eigenvalue weighted by Gasteiger charge is 2.12. The predicted molar refractivity (Wildman–Crippen MR) is 59.3 cm³/mol. The van der Waals surface area contributed by atoms with Crippen LogP contribution in [0.25, 0.3) is 0 Å². The molecule has 0 bridgehead atoms. The van der Waals surface area contributed by atoms with Crippen LogP contribution in [0.4, 0.5) is 0 Å². The van der Waals surface area contributed by atoms with Crippen LogP contribution in [0.2, 0.25) is 4.34 Å². The van der Waals surface area contributed by atoms with Gasteiger partial charge in [-0.15, -0.1) is 5.10 Å². The Morgan fingerprint density at radius 2 is 2.31 bits per heavy atom. The topological polar surface area (TPSA) is 51.8 Å². The zero-order valence-electron chi connectivity index (χ0n) is 7.58. The molecule has 0 atom stereocenters. The van der Waals surface area contributed by atoms with E-state index in [1.54, 1.807) is 11.8 Å². The fraction of sp³-hybridized carbons (Fsp3) is 0.714. The SMILES string of the molecule is CC(C)(N)CSCc1nnsc1Cl. The Labute approximate surface area is 91.2 Å². The van der Waals surface area contributed by atoms with Gasteiger partial charge in [0.2, 0.25) is 0 Å². The van der Waals surface area contributed by atoms with E-state index in [-0.39, 0.29) is 5.54 Å². The molecule has 0 aliphatic heterocycles. The van der Waals surface area contributed by atoms with Gasteiger partial charge in [-0.05, 0) is 13.8 Å². The highest BCUT2D eigenvalue weighted by molar-refractivity contribution is 7.98. The Balaban J connectivity index is 2.32. The van der Waals surface area contributed by atoms with Crippen molar-refractivity contribution >= 4 is 34.9 Å². The molecule has 13 heavy (non-hydrogen) atoms. The van der Waals surface area contributed by atoms with Crippen LogP contribution >= 0.6 is 34.9 Å². The molecular formula is C7H12ClN3S2. The smallest absolute Gasteiger partial charge is 0.138 e. The van der Waals surface area contributed by atoms with Crippen molar-refractivity contribution in [2.75, 3.05) is 5.75 Å². The fourth-order valence-corrected chi connectivity index (χ4v) is 2.51. The number of nitrogens with two attached hydrogens (primary N) is 1. The lowest BCUT2D eigenvalue weighted by Gasteiger charge is -2.16. The van der Waals surface area contributed by atoms with Gasteiger partial charge in [-0.2, -0.15) is 11.8 Å². The number of rotatable bonds is 4. The van der Waals surface area contributed by atoms with Crippen molar-refractivity contribution in [1.82, 2.24) is 9.59 Å². The lowest BCUT2D eigenvalue weighted by Crippen LogP contribution is -2.34. The minimum atomic E-state index is -0.138. The maximum Gasteiger partial charge on any atom is 0.138 e. The van der Waals surface area contributed by atoms with Crippen molar-refractivity contribution in [1.29, 1.82) is 0 Å². The number of thioether (sulfide) groups is 1. The summed E-state index contributed by atoms with van der Waals surface area (Å²) in [5.41, 5.74) is 6.55.